The number of hydrogen-bond acceptors (Lipinski definition) is 3. The maximum Gasteiger partial charge on any atom is 0.336 e. The van der Waals surface area contributed by atoms with Crippen LogP contribution in [-0.4, -0.2) is 16.3 Å². The first-order valence-electron chi connectivity index (χ1n) is 3.44. The Hall–Kier alpha value is -0.660. The largest absolute Gasteiger partial charge is 0.478 e. The van der Waals surface area contributed by atoms with Crippen molar-refractivity contribution in [3.63, 3.8) is 0 Å². The van der Waals surface area contributed by atoms with Crippen LogP contribution in [0.15, 0.2) is 18.2 Å². The molecule has 4 nitrogen and oxygen atoms in total. The van der Waals surface area contributed by atoms with E-state index in [1.807, 2.05) is 22.6 Å². The lowest BCUT2D eigenvalue weighted by Gasteiger charge is -2.04. The molecule has 2 N–H and O–H groups in total. The molecule has 13 heavy (non-hydrogen) atoms. The van der Waals surface area contributed by atoms with E-state index in [0.717, 1.165) is 0 Å². The van der Waals surface area contributed by atoms with Crippen LogP contribution in [0.2, 0.25) is 0 Å². The monoisotopic (exact) mass is 294 g/mol. The molecule has 0 fully saturated rings. The lowest BCUT2D eigenvalue weighted by molar-refractivity contribution is -0.253. The van der Waals surface area contributed by atoms with E-state index >= 15 is 0 Å². The third-order valence-electron chi connectivity index (χ3n) is 1.53. The summed E-state index contributed by atoms with van der Waals surface area (Å²) in [6, 6.07) is 4.81. The van der Waals surface area contributed by atoms with Gasteiger partial charge in [-0.15, -0.1) is 0 Å². The van der Waals surface area contributed by atoms with Crippen LogP contribution in [0.25, 0.3) is 0 Å². The molecular weight excluding hydrogens is 287 g/mol. The van der Waals surface area contributed by atoms with Crippen LogP contribution in [0.5, 0.6) is 0 Å². The average molecular weight is 294 g/mol. The van der Waals surface area contributed by atoms with Gasteiger partial charge in [-0.1, -0.05) is 12.1 Å². The zero-order valence-corrected chi connectivity index (χ0v) is 8.69. The van der Waals surface area contributed by atoms with Crippen LogP contribution in [0.3, 0.4) is 0 Å². The summed E-state index contributed by atoms with van der Waals surface area (Å²) in [5.74, 6) is -0.982. The first-order chi connectivity index (χ1) is 6.16. The van der Waals surface area contributed by atoms with E-state index in [1.165, 1.54) is 6.07 Å². The molecule has 0 aliphatic rings. The fourth-order valence-electron chi connectivity index (χ4n) is 0.926. The number of carboxylic acids is 1. The second-order valence-electron chi connectivity index (χ2n) is 2.36. The Kier molecular flexibility index (Phi) is 3.64. The number of aromatic carboxylic acids is 1. The predicted octanol–water partition coefficient (Wildman–Crippen LogP) is 1.98. The summed E-state index contributed by atoms with van der Waals surface area (Å²) in [7, 11) is 0. The fraction of sp³-hybridized carbons (Fsp3) is 0.125. The van der Waals surface area contributed by atoms with Crippen LogP contribution < -0.4 is 0 Å². The number of carboxylic acid groups (broad SMARTS) is 1. The molecule has 1 aromatic carbocycles. The van der Waals surface area contributed by atoms with Crippen LogP contribution in [0.1, 0.15) is 15.9 Å². The van der Waals surface area contributed by atoms with E-state index < -0.39 is 5.97 Å². The molecule has 0 aromatic heterocycles. The molecule has 0 aliphatic heterocycles. The van der Waals surface area contributed by atoms with Crippen molar-refractivity contribution in [1.29, 1.82) is 0 Å². The number of benzene rings is 1. The number of hydrogen-bond donors (Lipinski definition) is 2. The predicted molar refractivity (Wildman–Crippen MR) is 53.5 cm³/mol. The summed E-state index contributed by atoms with van der Waals surface area (Å²) in [5, 5.41) is 17.0. The molecule has 5 heteroatoms. The van der Waals surface area contributed by atoms with E-state index in [9.17, 15) is 4.79 Å². The van der Waals surface area contributed by atoms with Gasteiger partial charge in [0, 0.05) is 3.57 Å². The van der Waals surface area contributed by atoms with Crippen molar-refractivity contribution in [2.45, 2.75) is 6.61 Å². The van der Waals surface area contributed by atoms with Gasteiger partial charge in [-0.05, 0) is 34.2 Å². The smallest absolute Gasteiger partial charge is 0.336 e. The molecule has 0 spiro atoms. The van der Waals surface area contributed by atoms with E-state index in [4.69, 9.17) is 10.4 Å². The number of carbonyl (C=O) groups is 1. The van der Waals surface area contributed by atoms with Gasteiger partial charge in [-0.25, -0.2) is 9.68 Å². The normalized spacial score (nSPS) is 10.0. The van der Waals surface area contributed by atoms with Gasteiger partial charge in [-0.3, -0.25) is 5.26 Å². The highest BCUT2D eigenvalue weighted by Crippen LogP contribution is 2.18. The lowest BCUT2D eigenvalue weighted by atomic mass is 10.1. The first-order valence-corrected chi connectivity index (χ1v) is 4.51. The molecule has 70 valence electrons. The summed E-state index contributed by atoms with van der Waals surface area (Å²) in [5.41, 5.74) is 0.873. The van der Waals surface area contributed by atoms with Gasteiger partial charge in [0.15, 0.2) is 0 Å². The van der Waals surface area contributed by atoms with Gasteiger partial charge >= 0.3 is 5.97 Å². The summed E-state index contributed by atoms with van der Waals surface area (Å²) in [6.07, 6.45) is 0. The second-order valence-corrected chi connectivity index (χ2v) is 3.44. The van der Waals surface area contributed by atoms with Gasteiger partial charge in [0.2, 0.25) is 0 Å². The number of halogens is 1. The van der Waals surface area contributed by atoms with Crippen molar-refractivity contribution >= 4 is 28.6 Å². The Labute approximate surface area is 88.2 Å². The second kappa shape index (κ2) is 4.54. The summed E-state index contributed by atoms with van der Waals surface area (Å²) in [6.45, 7) is -0.000602. The molecular formula is C8H7IO4. The molecule has 0 aliphatic carbocycles. The van der Waals surface area contributed by atoms with Crippen molar-refractivity contribution in [3.8, 4) is 0 Å². The molecule has 0 unspecified atom stereocenters. The highest BCUT2D eigenvalue weighted by Gasteiger charge is 2.10. The third-order valence-corrected chi connectivity index (χ3v) is 2.80. The van der Waals surface area contributed by atoms with Crippen LogP contribution in [-0.2, 0) is 11.5 Å². The number of rotatable bonds is 3. The zero-order chi connectivity index (χ0) is 9.84. The topological polar surface area (TPSA) is 66.8 Å². The molecule has 1 aromatic rings. The molecule has 1 rings (SSSR count). The van der Waals surface area contributed by atoms with E-state index in [1.54, 1.807) is 12.1 Å². The highest BCUT2D eigenvalue weighted by molar-refractivity contribution is 14.1. The quantitative estimate of drug-likeness (QED) is 0.508. The minimum absolute atomic E-state index is 0.000602. The third kappa shape index (κ3) is 2.39. The Morgan fingerprint density at radius 3 is 2.77 bits per heavy atom. The average Bonchev–Trinajstić information content (AvgIpc) is 2.08. The highest BCUT2D eigenvalue weighted by atomic mass is 127. The van der Waals surface area contributed by atoms with E-state index in [0.29, 0.717) is 9.13 Å². The first kappa shape index (κ1) is 10.4. The van der Waals surface area contributed by atoms with Crippen molar-refractivity contribution < 1.29 is 20.0 Å². The van der Waals surface area contributed by atoms with Crippen molar-refractivity contribution in [1.82, 2.24) is 0 Å². The molecule has 0 amide bonds. The molecule has 0 radical (unpaired) electrons. The summed E-state index contributed by atoms with van der Waals surface area (Å²) in [4.78, 5) is 14.6. The standard InChI is InChI=1S/C8H7IO4/c9-7-5(4-13-12)2-1-3-6(7)8(10)11/h1-3,12H,4H2,(H,10,11). The van der Waals surface area contributed by atoms with Crippen molar-refractivity contribution in [2.75, 3.05) is 0 Å². The molecule has 0 heterocycles. The lowest BCUT2D eigenvalue weighted by Crippen LogP contribution is -2.03. The molecule has 0 atom stereocenters. The van der Waals surface area contributed by atoms with Gasteiger partial charge in [0.1, 0.15) is 6.61 Å². The fourth-order valence-corrected chi connectivity index (χ4v) is 1.67. The summed E-state index contributed by atoms with van der Waals surface area (Å²) < 4.78 is 0.585. The van der Waals surface area contributed by atoms with Crippen molar-refractivity contribution in [3.05, 3.63) is 32.9 Å². The van der Waals surface area contributed by atoms with Gasteiger partial charge in [-0.2, -0.15) is 0 Å². The van der Waals surface area contributed by atoms with Gasteiger partial charge in [0.05, 0.1) is 5.56 Å². The summed E-state index contributed by atoms with van der Waals surface area (Å²) >= 11 is 1.91. The minimum Gasteiger partial charge on any atom is -0.478 e. The zero-order valence-electron chi connectivity index (χ0n) is 6.53. The van der Waals surface area contributed by atoms with E-state index in [2.05, 4.69) is 4.89 Å². The minimum atomic E-state index is -0.982. The maximum absolute atomic E-state index is 10.7. The van der Waals surface area contributed by atoms with Gasteiger partial charge < -0.3 is 5.11 Å². The molecule has 0 bridgehead atoms. The van der Waals surface area contributed by atoms with Crippen LogP contribution >= 0.6 is 22.6 Å². The Bertz CT molecular complexity index is 324. The van der Waals surface area contributed by atoms with Crippen LogP contribution in [0.4, 0.5) is 0 Å². The van der Waals surface area contributed by atoms with Gasteiger partial charge in [0.25, 0.3) is 0 Å². The Morgan fingerprint density at radius 2 is 2.23 bits per heavy atom. The van der Waals surface area contributed by atoms with Crippen LogP contribution in [0, 0.1) is 3.57 Å². The van der Waals surface area contributed by atoms with E-state index in [-0.39, 0.29) is 12.2 Å². The Balaban J connectivity index is 3.10. The maximum atomic E-state index is 10.7. The SMILES string of the molecule is O=C(O)c1cccc(COO)c1I. The molecule has 0 saturated carbocycles. The Morgan fingerprint density at radius 1 is 1.54 bits per heavy atom. The molecule has 0 saturated heterocycles. The van der Waals surface area contributed by atoms with Crippen molar-refractivity contribution in [2.24, 2.45) is 0 Å².